The molecule has 4 aromatic rings. The molecule has 49 heavy (non-hydrogen) atoms. The molecule has 4 atom stereocenters. The number of urea groups is 1. The van der Waals surface area contributed by atoms with Crippen molar-refractivity contribution >= 4 is 6.03 Å². The van der Waals surface area contributed by atoms with Gasteiger partial charge in [0.1, 0.15) is 0 Å². The summed E-state index contributed by atoms with van der Waals surface area (Å²) in [7, 11) is 0. The monoisotopic (exact) mass is 659 g/mol. The van der Waals surface area contributed by atoms with Gasteiger partial charge < -0.3 is 25.2 Å². The summed E-state index contributed by atoms with van der Waals surface area (Å²) in [5.41, 5.74) is 7.11. The Kier molecular flexibility index (Phi) is 11.9. The minimum atomic E-state index is -0.545. The van der Waals surface area contributed by atoms with Crippen LogP contribution in [-0.2, 0) is 29.2 Å². The number of hydrogen-bond acceptors (Lipinski definition) is 5. The maximum absolute atomic E-state index is 12.5. The molecule has 0 aromatic heterocycles. The first-order valence-electron chi connectivity index (χ1n) is 17.6. The van der Waals surface area contributed by atoms with E-state index in [2.05, 4.69) is 77.6 Å². The standard InChI is InChI=1S/C42H49N3O4/c1-3-23-45(38-17-7-8-18-38)28-39-30(2)40(34-21-19-32(29-46)20-22-34)49-41(48-39)37-16-10-15-36(25-37)35-14-9-13-33(24-35)27-44-42(47)43-26-31-11-5-4-6-12-31/h3-6,9-16,19-22,24-25,30,38-41,46H,1,7-8,17-18,23,26-29H2,2H3,(H2,43,44,47). The van der Waals surface area contributed by atoms with E-state index in [4.69, 9.17) is 9.47 Å². The number of nitrogens with zero attached hydrogens (tertiary/aromatic N) is 1. The molecule has 0 spiro atoms. The van der Waals surface area contributed by atoms with Crippen molar-refractivity contribution in [3.63, 3.8) is 0 Å². The molecule has 1 aliphatic heterocycles. The molecular formula is C42H49N3O4. The van der Waals surface area contributed by atoms with Crippen LogP contribution in [0.3, 0.4) is 0 Å². The first-order chi connectivity index (χ1) is 24.0. The summed E-state index contributed by atoms with van der Waals surface area (Å²) in [6, 6.07) is 35.0. The van der Waals surface area contributed by atoms with Crippen molar-refractivity contribution in [2.75, 3.05) is 13.1 Å². The SMILES string of the molecule is C=CCN(CC1OC(c2cccc(-c3cccc(CNC(=O)NCc4ccccc4)c3)c2)OC(c2ccc(CO)cc2)C1C)C1CCCC1. The van der Waals surface area contributed by atoms with Gasteiger partial charge >= 0.3 is 6.03 Å². The smallest absolute Gasteiger partial charge is 0.315 e. The Balaban J connectivity index is 1.19. The van der Waals surface area contributed by atoms with Gasteiger partial charge in [0.05, 0.1) is 18.8 Å². The molecular weight excluding hydrogens is 610 g/mol. The number of nitrogens with one attached hydrogen (secondary N) is 2. The summed E-state index contributed by atoms with van der Waals surface area (Å²) >= 11 is 0. The number of aliphatic hydroxyl groups excluding tert-OH is 1. The molecule has 256 valence electrons. The van der Waals surface area contributed by atoms with E-state index in [0.29, 0.717) is 19.1 Å². The Hall–Kier alpha value is -4.27. The Labute approximate surface area is 291 Å². The molecule has 4 aromatic carbocycles. The fourth-order valence-electron chi connectivity index (χ4n) is 7.12. The van der Waals surface area contributed by atoms with Crippen molar-refractivity contribution in [3.8, 4) is 11.1 Å². The Morgan fingerprint density at radius 2 is 1.49 bits per heavy atom. The molecule has 3 N–H and O–H groups in total. The Morgan fingerprint density at radius 1 is 0.816 bits per heavy atom. The molecule has 6 rings (SSSR count). The second kappa shape index (κ2) is 16.9. The molecule has 0 radical (unpaired) electrons. The van der Waals surface area contributed by atoms with Crippen molar-refractivity contribution in [3.05, 3.63) is 144 Å². The molecule has 1 heterocycles. The van der Waals surface area contributed by atoms with Crippen molar-refractivity contribution in [2.24, 2.45) is 5.92 Å². The van der Waals surface area contributed by atoms with Crippen LogP contribution < -0.4 is 10.6 Å². The van der Waals surface area contributed by atoms with Crippen LogP contribution in [0.5, 0.6) is 0 Å². The van der Waals surface area contributed by atoms with E-state index in [1.165, 1.54) is 25.7 Å². The van der Waals surface area contributed by atoms with Crippen molar-refractivity contribution in [2.45, 2.75) is 76.8 Å². The quantitative estimate of drug-likeness (QED) is 0.127. The van der Waals surface area contributed by atoms with Gasteiger partial charge in [-0.1, -0.05) is 117 Å². The highest BCUT2D eigenvalue weighted by Gasteiger charge is 2.40. The highest BCUT2D eigenvalue weighted by molar-refractivity contribution is 5.74. The van der Waals surface area contributed by atoms with E-state index >= 15 is 0 Å². The van der Waals surface area contributed by atoms with Crippen molar-refractivity contribution in [1.82, 2.24) is 15.5 Å². The third-order valence-corrected chi connectivity index (χ3v) is 9.91. The summed E-state index contributed by atoms with van der Waals surface area (Å²) in [6.07, 6.45) is 6.23. The lowest BCUT2D eigenvalue weighted by Crippen LogP contribution is -2.47. The van der Waals surface area contributed by atoms with E-state index < -0.39 is 6.29 Å². The number of hydrogen-bond donors (Lipinski definition) is 3. The van der Waals surface area contributed by atoms with E-state index in [0.717, 1.165) is 52.0 Å². The van der Waals surface area contributed by atoms with Gasteiger partial charge in [0.2, 0.25) is 0 Å². The van der Waals surface area contributed by atoms with Crippen LogP contribution in [0.2, 0.25) is 0 Å². The highest BCUT2D eigenvalue weighted by Crippen LogP contribution is 2.43. The number of carbonyl (C=O) groups excluding carboxylic acids is 1. The van der Waals surface area contributed by atoms with Crippen LogP contribution in [0.25, 0.3) is 11.1 Å². The van der Waals surface area contributed by atoms with Crippen LogP contribution in [0.4, 0.5) is 4.79 Å². The molecule has 1 saturated carbocycles. The number of amides is 2. The van der Waals surface area contributed by atoms with Gasteiger partial charge in [0.15, 0.2) is 6.29 Å². The number of rotatable bonds is 13. The van der Waals surface area contributed by atoms with Gasteiger partial charge in [0, 0.05) is 43.7 Å². The lowest BCUT2D eigenvalue weighted by Gasteiger charge is -2.43. The van der Waals surface area contributed by atoms with E-state index in [-0.39, 0.29) is 30.8 Å². The van der Waals surface area contributed by atoms with Gasteiger partial charge in [-0.05, 0) is 58.4 Å². The first kappa shape index (κ1) is 34.6. The van der Waals surface area contributed by atoms with Crippen molar-refractivity contribution in [1.29, 1.82) is 0 Å². The zero-order valence-electron chi connectivity index (χ0n) is 28.5. The third kappa shape index (κ3) is 9.05. The third-order valence-electron chi connectivity index (χ3n) is 9.91. The second-order valence-corrected chi connectivity index (χ2v) is 13.4. The fourth-order valence-corrected chi connectivity index (χ4v) is 7.12. The van der Waals surface area contributed by atoms with Crippen LogP contribution >= 0.6 is 0 Å². The average Bonchev–Trinajstić information content (AvgIpc) is 3.70. The van der Waals surface area contributed by atoms with E-state index in [1.807, 2.05) is 60.7 Å². The molecule has 1 saturated heterocycles. The molecule has 0 bridgehead atoms. The van der Waals surface area contributed by atoms with Crippen molar-refractivity contribution < 1.29 is 19.4 Å². The topological polar surface area (TPSA) is 83.1 Å². The highest BCUT2D eigenvalue weighted by atomic mass is 16.7. The molecule has 2 fully saturated rings. The maximum atomic E-state index is 12.5. The normalized spacial score (nSPS) is 21.0. The molecule has 1 aliphatic carbocycles. The summed E-state index contributed by atoms with van der Waals surface area (Å²) < 4.78 is 13.7. The van der Waals surface area contributed by atoms with Gasteiger partial charge in [-0.2, -0.15) is 0 Å². The zero-order chi connectivity index (χ0) is 34.0. The molecule has 2 amide bonds. The molecule has 2 aliphatic rings. The van der Waals surface area contributed by atoms with E-state index in [9.17, 15) is 9.90 Å². The van der Waals surface area contributed by atoms with E-state index in [1.54, 1.807) is 0 Å². The minimum Gasteiger partial charge on any atom is -0.392 e. The zero-order valence-corrected chi connectivity index (χ0v) is 28.5. The predicted molar refractivity (Wildman–Crippen MR) is 194 cm³/mol. The van der Waals surface area contributed by atoms with Gasteiger partial charge in [-0.25, -0.2) is 4.79 Å². The summed E-state index contributed by atoms with van der Waals surface area (Å²) in [6.45, 7) is 8.85. The van der Waals surface area contributed by atoms with Crippen LogP contribution in [0, 0.1) is 5.92 Å². The largest absolute Gasteiger partial charge is 0.392 e. The minimum absolute atomic E-state index is 0.0130. The lowest BCUT2D eigenvalue weighted by molar-refractivity contribution is -0.276. The summed E-state index contributed by atoms with van der Waals surface area (Å²) in [5, 5.41) is 15.5. The fraction of sp³-hybridized carbons (Fsp3) is 0.357. The number of benzene rings is 4. The average molecular weight is 660 g/mol. The number of carbonyl (C=O) groups is 1. The van der Waals surface area contributed by atoms with Crippen LogP contribution in [0.1, 0.15) is 72.8 Å². The van der Waals surface area contributed by atoms with Gasteiger partial charge in [-0.3, -0.25) is 4.90 Å². The predicted octanol–water partition coefficient (Wildman–Crippen LogP) is 8.07. The van der Waals surface area contributed by atoms with Crippen LogP contribution in [0.15, 0.2) is 116 Å². The van der Waals surface area contributed by atoms with Gasteiger partial charge in [-0.15, -0.1) is 6.58 Å². The Bertz CT molecular complexity index is 1650. The molecule has 4 unspecified atom stereocenters. The summed E-state index contributed by atoms with van der Waals surface area (Å²) in [4.78, 5) is 15.0. The van der Waals surface area contributed by atoms with Crippen LogP contribution in [-0.4, -0.2) is 41.3 Å². The maximum Gasteiger partial charge on any atom is 0.315 e. The number of ether oxygens (including phenoxy) is 2. The Morgan fingerprint density at radius 3 is 2.20 bits per heavy atom. The lowest BCUT2D eigenvalue weighted by atomic mass is 9.89. The van der Waals surface area contributed by atoms with Gasteiger partial charge in [0.25, 0.3) is 0 Å². The first-order valence-corrected chi connectivity index (χ1v) is 17.6. The second-order valence-electron chi connectivity index (χ2n) is 13.4. The molecule has 7 heteroatoms. The molecule has 7 nitrogen and oxygen atoms in total. The number of aliphatic hydroxyl groups is 1. The summed E-state index contributed by atoms with van der Waals surface area (Å²) in [5.74, 6) is 0.113.